The first-order chi connectivity index (χ1) is 17.0. The van der Waals surface area contributed by atoms with Gasteiger partial charge >= 0.3 is 5.97 Å². The van der Waals surface area contributed by atoms with Gasteiger partial charge in [0.1, 0.15) is 10.8 Å². The lowest BCUT2D eigenvalue weighted by atomic mass is 10.0. The molecule has 35 heavy (non-hydrogen) atoms. The number of aryl methyl sites for hydroxylation is 1. The van der Waals surface area contributed by atoms with E-state index < -0.39 is 5.97 Å². The minimum Gasteiger partial charge on any atom is -0.478 e. The Balaban J connectivity index is 1.42. The van der Waals surface area contributed by atoms with Crippen molar-refractivity contribution >= 4 is 29.3 Å². The smallest absolute Gasteiger partial charge is 0.335 e. The summed E-state index contributed by atoms with van der Waals surface area (Å²) in [6.07, 6.45) is 0.603. The number of rotatable bonds is 6. The molecular weight excluding hydrogens is 462 g/mol. The summed E-state index contributed by atoms with van der Waals surface area (Å²) in [5.41, 5.74) is 4.31. The van der Waals surface area contributed by atoms with Crippen molar-refractivity contribution in [3.63, 3.8) is 0 Å². The minimum absolute atomic E-state index is 0.0929. The fraction of sp³-hybridized carbons (Fsp3) is 0.111. The average molecular weight is 484 g/mol. The molecule has 0 saturated carbocycles. The molecule has 0 radical (unpaired) electrons. The van der Waals surface area contributed by atoms with E-state index in [1.165, 1.54) is 23.9 Å². The number of fused-ring (bicyclic) bond motifs is 2. The largest absolute Gasteiger partial charge is 0.478 e. The number of nitrogens with zero attached hydrogens (tertiary/aromatic N) is 2. The topological polar surface area (TPSA) is 101 Å². The van der Waals surface area contributed by atoms with E-state index in [0.29, 0.717) is 28.8 Å². The van der Waals surface area contributed by atoms with E-state index in [1.54, 1.807) is 12.1 Å². The van der Waals surface area contributed by atoms with Crippen molar-refractivity contribution in [3.8, 4) is 23.0 Å². The van der Waals surface area contributed by atoms with Gasteiger partial charge in [0.15, 0.2) is 5.82 Å². The number of benzene rings is 3. The first kappa shape index (κ1) is 22.6. The Morgan fingerprint density at radius 2 is 1.83 bits per heavy atom. The van der Waals surface area contributed by atoms with Crippen LogP contribution in [0, 0.1) is 6.92 Å². The van der Waals surface area contributed by atoms with Gasteiger partial charge < -0.3 is 15.2 Å². The second-order valence-corrected chi connectivity index (χ2v) is 9.03. The quantitative estimate of drug-likeness (QED) is 0.240. The molecule has 1 amide bonds. The zero-order chi connectivity index (χ0) is 24.4. The SMILES string of the molecule is Cc1cccc2c1Oc1nc(-c3ccccc3)nc(SCC(=O)Nc3cccc(C(=O)O)c3)c1C2. The van der Waals surface area contributed by atoms with Gasteiger partial charge in [0, 0.05) is 17.7 Å². The minimum atomic E-state index is -1.05. The molecule has 0 aliphatic carbocycles. The lowest BCUT2D eigenvalue weighted by molar-refractivity contribution is -0.113. The molecule has 0 bridgehead atoms. The van der Waals surface area contributed by atoms with Gasteiger partial charge in [-0.05, 0) is 36.2 Å². The third kappa shape index (κ3) is 4.88. The highest BCUT2D eigenvalue weighted by atomic mass is 32.2. The predicted octanol–water partition coefficient (Wildman–Crippen LogP) is 5.58. The zero-order valence-electron chi connectivity index (χ0n) is 18.8. The number of hydrogen-bond acceptors (Lipinski definition) is 6. The average Bonchev–Trinajstić information content (AvgIpc) is 2.87. The fourth-order valence-electron chi connectivity index (χ4n) is 3.86. The van der Waals surface area contributed by atoms with E-state index >= 15 is 0 Å². The van der Waals surface area contributed by atoms with Crippen molar-refractivity contribution in [2.24, 2.45) is 0 Å². The van der Waals surface area contributed by atoms with E-state index in [0.717, 1.165) is 28.0 Å². The van der Waals surface area contributed by atoms with E-state index in [1.807, 2.05) is 55.5 Å². The number of hydrogen-bond donors (Lipinski definition) is 2. The van der Waals surface area contributed by atoms with Crippen LogP contribution in [-0.4, -0.2) is 32.7 Å². The summed E-state index contributed by atoms with van der Waals surface area (Å²) < 4.78 is 6.23. The first-order valence-corrected chi connectivity index (χ1v) is 11.9. The number of carbonyl (C=O) groups excluding carboxylic acids is 1. The van der Waals surface area contributed by atoms with Crippen LogP contribution in [0.25, 0.3) is 11.4 Å². The van der Waals surface area contributed by atoms with Crippen LogP contribution in [0.5, 0.6) is 11.6 Å². The van der Waals surface area contributed by atoms with Crippen LogP contribution in [0.4, 0.5) is 5.69 Å². The van der Waals surface area contributed by atoms with Gasteiger partial charge in [-0.25, -0.2) is 9.78 Å². The molecule has 0 saturated heterocycles. The summed E-state index contributed by atoms with van der Waals surface area (Å²) >= 11 is 1.30. The standard InChI is InChI=1S/C27H21N3O4S/c1-16-7-5-10-18-14-21-25(34-23(16)18)29-24(17-8-3-2-4-9-17)30-26(21)35-15-22(31)28-20-12-6-11-19(13-20)27(32)33/h2-13H,14-15H2,1H3,(H,28,31)(H,32,33). The summed E-state index contributed by atoms with van der Waals surface area (Å²) in [5, 5.41) is 12.6. The molecule has 2 N–H and O–H groups in total. The number of aromatic carboxylic acids is 1. The summed E-state index contributed by atoms with van der Waals surface area (Å²) in [6.45, 7) is 2.00. The third-order valence-electron chi connectivity index (χ3n) is 5.56. The monoisotopic (exact) mass is 483 g/mol. The normalized spacial score (nSPS) is 11.7. The van der Waals surface area contributed by atoms with Crippen LogP contribution in [0.15, 0.2) is 77.8 Å². The van der Waals surface area contributed by atoms with Crippen molar-refractivity contribution in [1.29, 1.82) is 0 Å². The lowest BCUT2D eigenvalue weighted by Gasteiger charge is -2.23. The Hall–Kier alpha value is -4.17. The highest BCUT2D eigenvalue weighted by molar-refractivity contribution is 8.00. The molecule has 0 fully saturated rings. The molecule has 2 heterocycles. The molecule has 1 aliphatic heterocycles. The number of thioether (sulfide) groups is 1. The van der Waals surface area contributed by atoms with Crippen LogP contribution in [0.3, 0.4) is 0 Å². The first-order valence-electron chi connectivity index (χ1n) is 11.0. The van der Waals surface area contributed by atoms with Crippen LogP contribution >= 0.6 is 11.8 Å². The lowest BCUT2D eigenvalue weighted by Crippen LogP contribution is -2.15. The van der Waals surface area contributed by atoms with Gasteiger partial charge in [0.05, 0.1) is 16.9 Å². The highest BCUT2D eigenvalue weighted by Crippen LogP contribution is 2.41. The summed E-state index contributed by atoms with van der Waals surface area (Å²) in [5.74, 6) is 0.613. The number of amides is 1. The van der Waals surface area contributed by atoms with Gasteiger partial charge in [-0.15, -0.1) is 0 Å². The number of nitrogens with one attached hydrogen (secondary N) is 1. The van der Waals surface area contributed by atoms with Crippen molar-refractivity contribution in [2.75, 3.05) is 11.1 Å². The zero-order valence-corrected chi connectivity index (χ0v) is 19.6. The molecule has 0 atom stereocenters. The van der Waals surface area contributed by atoms with E-state index in [4.69, 9.17) is 14.7 Å². The number of para-hydroxylation sites is 1. The Kier molecular flexibility index (Phi) is 6.20. The molecule has 3 aromatic carbocycles. The number of carboxylic acids is 1. The molecule has 8 heteroatoms. The molecule has 0 unspecified atom stereocenters. The Labute approximate surface area is 206 Å². The van der Waals surface area contributed by atoms with E-state index in [2.05, 4.69) is 5.32 Å². The van der Waals surface area contributed by atoms with Crippen LogP contribution in [0.2, 0.25) is 0 Å². The van der Waals surface area contributed by atoms with Gasteiger partial charge in [-0.1, -0.05) is 66.4 Å². The van der Waals surface area contributed by atoms with Gasteiger partial charge in [0.25, 0.3) is 0 Å². The van der Waals surface area contributed by atoms with Crippen LogP contribution in [-0.2, 0) is 11.2 Å². The molecule has 4 aromatic rings. The molecule has 7 nitrogen and oxygen atoms in total. The number of carboxylic acid groups (broad SMARTS) is 1. The van der Waals surface area contributed by atoms with Crippen molar-refractivity contribution < 1.29 is 19.4 Å². The fourth-order valence-corrected chi connectivity index (χ4v) is 4.69. The van der Waals surface area contributed by atoms with Gasteiger partial charge in [-0.2, -0.15) is 4.98 Å². The van der Waals surface area contributed by atoms with Gasteiger partial charge in [-0.3, -0.25) is 4.79 Å². The van der Waals surface area contributed by atoms with E-state index in [9.17, 15) is 14.7 Å². The number of ether oxygens (including phenoxy) is 1. The number of carbonyl (C=O) groups is 2. The maximum Gasteiger partial charge on any atom is 0.335 e. The number of aromatic nitrogens is 2. The molecule has 1 aromatic heterocycles. The second kappa shape index (κ2) is 9.60. The molecule has 1 aliphatic rings. The summed E-state index contributed by atoms with van der Waals surface area (Å²) in [6, 6.07) is 21.8. The Morgan fingerprint density at radius 1 is 1.03 bits per heavy atom. The molecule has 0 spiro atoms. The Morgan fingerprint density at radius 3 is 2.63 bits per heavy atom. The van der Waals surface area contributed by atoms with Gasteiger partial charge in [0.2, 0.25) is 11.8 Å². The summed E-state index contributed by atoms with van der Waals surface area (Å²) in [7, 11) is 0. The molecule has 5 rings (SSSR count). The van der Waals surface area contributed by atoms with Crippen molar-refractivity contribution in [3.05, 3.63) is 95.1 Å². The molecular formula is C27H21N3O4S. The third-order valence-corrected chi connectivity index (χ3v) is 6.57. The van der Waals surface area contributed by atoms with Crippen LogP contribution in [0.1, 0.15) is 27.0 Å². The van der Waals surface area contributed by atoms with Crippen molar-refractivity contribution in [1.82, 2.24) is 9.97 Å². The van der Waals surface area contributed by atoms with Crippen LogP contribution < -0.4 is 10.1 Å². The number of anilines is 1. The Bertz CT molecular complexity index is 1440. The predicted molar refractivity (Wildman–Crippen MR) is 134 cm³/mol. The maximum absolute atomic E-state index is 12.7. The molecule has 174 valence electrons. The maximum atomic E-state index is 12.7. The van der Waals surface area contributed by atoms with Crippen molar-refractivity contribution in [2.45, 2.75) is 18.4 Å². The summed E-state index contributed by atoms with van der Waals surface area (Å²) in [4.78, 5) is 33.4. The van der Waals surface area contributed by atoms with E-state index in [-0.39, 0.29) is 17.2 Å². The highest BCUT2D eigenvalue weighted by Gasteiger charge is 2.25. The second-order valence-electron chi connectivity index (χ2n) is 8.07.